The highest BCUT2D eigenvalue weighted by Gasteiger charge is 2.36. The fraction of sp³-hybridized carbons (Fsp3) is 0.350. The SMILES string of the molecule is C[C@@H]1CCCC(Nc2c(F)cnc3c(-c4cc(F)cnc4N)c[nH]c23)[C@H]1C(=O)O. The van der Waals surface area contributed by atoms with Crippen LogP contribution >= 0.6 is 0 Å². The Balaban J connectivity index is 1.78. The number of hydrogen-bond acceptors (Lipinski definition) is 5. The fourth-order valence-electron chi connectivity index (χ4n) is 4.24. The van der Waals surface area contributed by atoms with Gasteiger partial charge in [0.2, 0.25) is 0 Å². The Morgan fingerprint density at radius 3 is 2.83 bits per heavy atom. The Hall–Kier alpha value is -3.23. The summed E-state index contributed by atoms with van der Waals surface area (Å²) in [5, 5.41) is 12.7. The molecule has 4 rings (SSSR count). The highest BCUT2D eigenvalue weighted by atomic mass is 19.1. The molecule has 0 radical (unpaired) electrons. The first-order valence-corrected chi connectivity index (χ1v) is 9.43. The van der Waals surface area contributed by atoms with Crippen molar-refractivity contribution in [1.82, 2.24) is 15.0 Å². The molecule has 0 bridgehead atoms. The van der Waals surface area contributed by atoms with Crippen LogP contribution in [0.1, 0.15) is 26.2 Å². The van der Waals surface area contributed by atoms with E-state index in [9.17, 15) is 18.7 Å². The summed E-state index contributed by atoms with van der Waals surface area (Å²) in [6.07, 6.45) is 5.95. The maximum atomic E-state index is 14.7. The number of aromatic amines is 1. The normalized spacial score (nSPS) is 22.0. The number of nitrogen functional groups attached to an aromatic ring is 1. The van der Waals surface area contributed by atoms with Gasteiger partial charge in [0.15, 0.2) is 5.82 Å². The van der Waals surface area contributed by atoms with Gasteiger partial charge in [-0.25, -0.2) is 13.8 Å². The number of carbonyl (C=O) groups is 1. The molecule has 7 nitrogen and oxygen atoms in total. The second-order valence-corrected chi connectivity index (χ2v) is 7.52. The Bertz CT molecular complexity index is 1080. The van der Waals surface area contributed by atoms with Gasteiger partial charge in [0.1, 0.15) is 11.6 Å². The Morgan fingerprint density at radius 1 is 1.28 bits per heavy atom. The molecule has 1 aliphatic carbocycles. The molecule has 0 amide bonds. The van der Waals surface area contributed by atoms with Crippen LogP contribution in [0, 0.1) is 23.5 Å². The topological polar surface area (TPSA) is 117 Å². The van der Waals surface area contributed by atoms with Crippen molar-refractivity contribution in [3.05, 3.63) is 36.3 Å². The van der Waals surface area contributed by atoms with E-state index < -0.39 is 29.6 Å². The summed E-state index contributed by atoms with van der Waals surface area (Å²) in [5.41, 5.74) is 7.62. The first kappa shape index (κ1) is 19.1. The number of halogens is 2. The van der Waals surface area contributed by atoms with Crippen molar-refractivity contribution in [3.8, 4) is 11.1 Å². The second kappa shape index (κ2) is 7.31. The molecule has 3 atom stereocenters. The number of H-pyrrole nitrogens is 1. The number of carboxylic acid groups (broad SMARTS) is 1. The number of pyridine rings is 2. The molecule has 1 unspecified atom stereocenters. The quantitative estimate of drug-likeness (QED) is 0.528. The lowest BCUT2D eigenvalue weighted by Crippen LogP contribution is -2.41. The molecule has 29 heavy (non-hydrogen) atoms. The lowest BCUT2D eigenvalue weighted by atomic mass is 9.76. The summed E-state index contributed by atoms with van der Waals surface area (Å²) >= 11 is 0. The summed E-state index contributed by atoms with van der Waals surface area (Å²) in [7, 11) is 0. The van der Waals surface area contributed by atoms with E-state index in [1.807, 2.05) is 6.92 Å². The summed E-state index contributed by atoms with van der Waals surface area (Å²) in [5.74, 6) is -2.56. The summed E-state index contributed by atoms with van der Waals surface area (Å²) in [4.78, 5) is 22.7. The van der Waals surface area contributed by atoms with Gasteiger partial charge in [-0.05, 0) is 24.8 Å². The van der Waals surface area contributed by atoms with Gasteiger partial charge in [-0.2, -0.15) is 0 Å². The van der Waals surface area contributed by atoms with Gasteiger partial charge in [0.05, 0.1) is 35.0 Å². The van der Waals surface area contributed by atoms with Gasteiger partial charge >= 0.3 is 5.97 Å². The lowest BCUT2D eigenvalue weighted by Gasteiger charge is -2.34. The van der Waals surface area contributed by atoms with Crippen LogP contribution < -0.4 is 11.1 Å². The van der Waals surface area contributed by atoms with Crippen molar-refractivity contribution in [1.29, 1.82) is 0 Å². The largest absolute Gasteiger partial charge is 0.481 e. The van der Waals surface area contributed by atoms with E-state index in [2.05, 4.69) is 20.3 Å². The minimum atomic E-state index is -0.897. The van der Waals surface area contributed by atoms with Gasteiger partial charge in [-0.1, -0.05) is 13.3 Å². The molecular weight excluding hydrogens is 380 g/mol. The van der Waals surface area contributed by atoms with Crippen LogP contribution in [-0.4, -0.2) is 32.1 Å². The minimum Gasteiger partial charge on any atom is -0.481 e. The van der Waals surface area contributed by atoms with Gasteiger partial charge in [0, 0.05) is 23.4 Å². The van der Waals surface area contributed by atoms with Gasteiger partial charge in [0.25, 0.3) is 0 Å². The van der Waals surface area contributed by atoms with E-state index in [1.54, 1.807) is 6.20 Å². The zero-order valence-corrected chi connectivity index (χ0v) is 15.7. The number of fused-ring (bicyclic) bond motifs is 1. The maximum Gasteiger partial charge on any atom is 0.308 e. The first-order chi connectivity index (χ1) is 13.9. The molecule has 3 heterocycles. The number of carboxylic acids is 1. The van der Waals surface area contributed by atoms with Crippen LogP contribution in [-0.2, 0) is 4.79 Å². The Morgan fingerprint density at radius 2 is 2.07 bits per heavy atom. The number of anilines is 2. The Kier molecular flexibility index (Phi) is 4.81. The molecule has 0 saturated heterocycles. The molecule has 3 aromatic heterocycles. The number of aliphatic carboxylic acids is 1. The number of hydrogen-bond donors (Lipinski definition) is 4. The van der Waals surface area contributed by atoms with Crippen LogP contribution in [0.4, 0.5) is 20.3 Å². The highest BCUT2D eigenvalue weighted by Crippen LogP contribution is 2.37. The smallest absolute Gasteiger partial charge is 0.308 e. The third kappa shape index (κ3) is 3.37. The first-order valence-electron chi connectivity index (χ1n) is 9.43. The number of rotatable bonds is 4. The molecular formula is C20H21F2N5O2. The van der Waals surface area contributed by atoms with E-state index in [1.165, 1.54) is 6.07 Å². The Labute approximate surface area is 165 Å². The summed E-state index contributed by atoms with van der Waals surface area (Å²) in [6.45, 7) is 1.90. The van der Waals surface area contributed by atoms with Gasteiger partial charge in [-0.15, -0.1) is 0 Å². The zero-order chi connectivity index (χ0) is 20.7. The van der Waals surface area contributed by atoms with Crippen molar-refractivity contribution in [3.63, 3.8) is 0 Å². The molecule has 0 aromatic carbocycles. The molecule has 3 aromatic rings. The standard InChI is InChI=1S/C20H21F2N5O2/c1-9-3-2-4-14(15(9)20(28)29)27-17-13(22)8-25-16-12(7-24-18(16)17)11-5-10(21)6-26-19(11)23/h5-9,14-15,24H,2-4H2,1H3,(H2,23,26)(H,25,27)(H,28,29)/t9-,14?,15+/m1/s1. The summed E-state index contributed by atoms with van der Waals surface area (Å²) < 4.78 is 28.3. The van der Waals surface area contributed by atoms with Crippen LogP contribution in [0.25, 0.3) is 22.2 Å². The predicted octanol–water partition coefficient (Wildman–Crippen LogP) is 3.79. The van der Waals surface area contributed by atoms with Crippen molar-refractivity contribution in [2.75, 3.05) is 11.1 Å². The third-order valence-corrected chi connectivity index (χ3v) is 5.66. The summed E-state index contributed by atoms with van der Waals surface area (Å²) in [6, 6.07) is 0.829. The van der Waals surface area contributed by atoms with Crippen molar-refractivity contribution in [2.24, 2.45) is 11.8 Å². The molecule has 0 aliphatic heterocycles. The molecule has 1 aliphatic rings. The molecule has 152 valence electrons. The monoisotopic (exact) mass is 401 g/mol. The number of nitrogens with one attached hydrogen (secondary N) is 2. The van der Waals surface area contributed by atoms with E-state index in [-0.39, 0.29) is 17.4 Å². The average Bonchev–Trinajstić information content (AvgIpc) is 3.10. The van der Waals surface area contributed by atoms with Crippen LogP contribution in [0.5, 0.6) is 0 Å². The molecule has 1 fully saturated rings. The van der Waals surface area contributed by atoms with Crippen LogP contribution in [0.15, 0.2) is 24.7 Å². The lowest BCUT2D eigenvalue weighted by molar-refractivity contribution is -0.145. The number of aromatic nitrogens is 3. The highest BCUT2D eigenvalue weighted by molar-refractivity contribution is 6.00. The molecule has 9 heteroatoms. The molecule has 0 spiro atoms. The fourth-order valence-corrected chi connectivity index (χ4v) is 4.24. The maximum absolute atomic E-state index is 14.7. The minimum absolute atomic E-state index is 0.0171. The van der Waals surface area contributed by atoms with Crippen molar-refractivity contribution < 1.29 is 18.7 Å². The van der Waals surface area contributed by atoms with E-state index in [0.717, 1.165) is 25.2 Å². The van der Waals surface area contributed by atoms with Crippen LogP contribution in [0.2, 0.25) is 0 Å². The van der Waals surface area contributed by atoms with Gasteiger partial charge < -0.3 is 21.1 Å². The molecule has 5 N–H and O–H groups in total. The van der Waals surface area contributed by atoms with E-state index in [0.29, 0.717) is 28.6 Å². The average molecular weight is 401 g/mol. The molecule has 1 saturated carbocycles. The van der Waals surface area contributed by atoms with Crippen LogP contribution in [0.3, 0.4) is 0 Å². The van der Waals surface area contributed by atoms with Crippen molar-refractivity contribution >= 4 is 28.5 Å². The number of nitrogens with zero attached hydrogens (tertiary/aromatic N) is 2. The number of nitrogens with two attached hydrogens (primary N) is 1. The van der Waals surface area contributed by atoms with E-state index in [4.69, 9.17) is 5.73 Å². The predicted molar refractivity (Wildman–Crippen MR) is 105 cm³/mol. The zero-order valence-electron chi connectivity index (χ0n) is 15.7. The van der Waals surface area contributed by atoms with Gasteiger partial charge in [-0.3, -0.25) is 9.78 Å². The van der Waals surface area contributed by atoms with E-state index >= 15 is 0 Å². The second-order valence-electron chi connectivity index (χ2n) is 7.52. The third-order valence-electron chi connectivity index (χ3n) is 5.66. The van der Waals surface area contributed by atoms with Crippen molar-refractivity contribution in [2.45, 2.75) is 32.2 Å².